The summed E-state index contributed by atoms with van der Waals surface area (Å²) in [6.45, 7) is 6.97. The minimum atomic E-state index is -0.211. The maximum absolute atomic E-state index is 12.4. The molecular formula is C14H29FN2. The van der Waals surface area contributed by atoms with E-state index in [2.05, 4.69) is 18.7 Å². The maximum Gasteiger partial charge on any atom is 0.0906 e. The number of hydrogen-bond acceptors (Lipinski definition) is 2. The summed E-state index contributed by atoms with van der Waals surface area (Å²) >= 11 is 0. The van der Waals surface area contributed by atoms with Gasteiger partial charge in [0, 0.05) is 18.6 Å². The molecule has 0 heterocycles. The summed E-state index contributed by atoms with van der Waals surface area (Å²) in [5.41, 5.74) is 6.22. The summed E-state index contributed by atoms with van der Waals surface area (Å²) in [7, 11) is 0. The zero-order valence-electron chi connectivity index (χ0n) is 11.6. The van der Waals surface area contributed by atoms with Crippen LogP contribution in [0.5, 0.6) is 0 Å². The Morgan fingerprint density at radius 3 is 2.41 bits per heavy atom. The minimum Gasteiger partial charge on any atom is -0.329 e. The monoisotopic (exact) mass is 244 g/mol. The molecule has 1 aliphatic rings. The van der Waals surface area contributed by atoms with Gasteiger partial charge in [0.15, 0.2) is 0 Å². The number of nitrogens with zero attached hydrogens (tertiary/aromatic N) is 1. The van der Waals surface area contributed by atoms with Crippen LogP contribution in [0.4, 0.5) is 4.39 Å². The van der Waals surface area contributed by atoms with E-state index >= 15 is 0 Å². The lowest BCUT2D eigenvalue weighted by Gasteiger charge is -2.47. The van der Waals surface area contributed by atoms with Crippen molar-refractivity contribution in [3.8, 4) is 0 Å². The van der Waals surface area contributed by atoms with Gasteiger partial charge in [-0.3, -0.25) is 9.29 Å². The lowest BCUT2D eigenvalue weighted by atomic mass is 9.76. The second-order valence-corrected chi connectivity index (χ2v) is 5.64. The Balaban J connectivity index is 2.65. The van der Waals surface area contributed by atoms with Crippen LogP contribution in [0, 0.1) is 5.92 Å². The SMILES string of the molecule is CCCN(CCCF)C1(CN)CCC(C)CC1. The molecule has 2 N–H and O–H groups in total. The summed E-state index contributed by atoms with van der Waals surface area (Å²) < 4.78 is 12.4. The largest absolute Gasteiger partial charge is 0.329 e. The summed E-state index contributed by atoms with van der Waals surface area (Å²) in [6.07, 6.45) is 6.70. The van der Waals surface area contributed by atoms with Crippen molar-refractivity contribution < 1.29 is 4.39 Å². The molecule has 17 heavy (non-hydrogen) atoms. The fourth-order valence-corrected chi connectivity index (χ4v) is 3.06. The molecule has 0 aromatic rings. The highest BCUT2D eigenvalue weighted by Crippen LogP contribution is 2.36. The Morgan fingerprint density at radius 1 is 1.29 bits per heavy atom. The molecule has 0 saturated heterocycles. The van der Waals surface area contributed by atoms with Crippen molar-refractivity contribution in [2.75, 3.05) is 26.3 Å². The van der Waals surface area contributed by atoms with Crippen LogP contribution < -0.4 is 5.73 Å². The number of rotatable bonds is 7. The highest BCUT2D eigenvalue weighted by molar-refractivity contribution is 4.95. The van der Waals surface area contributed by atoms with E-state index in [1.165, 1.54) is 25.7 Å². The molecule has 1 saturated carbocycles. The van der Waals surface area contributed by atoms with Crippen molar-refractivity contribution >= 4 is 0 Å². The van der Waals surface area contributed by atoms with E-state index in [4.69, 9.17) is 5.73 Å². The van der Waals surface area contributed by atoms with E-state index in [0.717, 1.165) is 32.0 Å². The number of halogens is 1. The summed E-state index contributed by atoms with van der Waals surface area (Å²) in [4.78, 5) is 2.47. The molecule has 0 unspecified atom stereocenters. The predicted molar refractivity (Wildman–Crippen MR) is 71.9 cm³/mol. The lowest BCUT2D eigenvalue weighted by molar-refractivity contribution is 0.0421. The van der Waals surface area contributed by atoms with Crippen molar-refractivity contribution in [3.05, 3.63) is 0 Å². The molecule has 0 amide bonds. The minimum absolute atomic E-state index is 0.164. The molecule has 0 aliphatic heterocycles. The van der Waals surface area contributed by atoms with Crippen LogP contribution in [0.25, 0.3) is 0 Å². The van der Waals surface area contributed by atoms with Gasteiger partial charge in [0.1, 0.15) is 0 Å². The van der Waals surface area contributed by atoms with Crippen LogP contribution in [0.3, 0.4) is 0 Å². The highest BCUT2D eigenvalue weighted by Gasteiger charge is 2.37. The van der Waals surface area contributed by atoms with Crippen molar-refractivity contribution in [1.82, 2.24) is 4.90 Å². The molecule has 102 valence electrons. The van der Waals surface area contributed by atoms with Gasteiger partial charge in [-0.15, -0.1) is 0 Å². The van der Waals surface area contributed by atoms with Crippen LogP contribution >= 0.6 is 0 Å². The van der Waals surface area contributed by atoms with E-state index in [-0.39, 0.29) is 12.2 Å². The summed E-state index contributed by atoms with van der Waals surface area (Å²) in [5, 5.41) is 0. The van der Waals surface area contributed by atoms with E-state index in [1.807, 2.05) is 0 Å². The van der Waals surface area contributed by atoms with E-state index in [0.29, 0.717) is 6.42 Å². The fourth-order valence-electron chi connectivity index (χ4n) is 3.06. The smallest absolute Gasteiger partial charge is 0.0906 e. The van der Waals surface area contributed by atoms with Crippen LogP contribution in [0.1, 0.15) is 52.4 Å². The molecule has 1 aliphatic carbocycles. The number of nitrogens with two attached hydrogens (primary N) is 1. The molecule has 1 rings (SSSR count). The van der Waals surface area contributed by atoms with Crippen LogP contribution in [0.2, 0.25) is 0 Å². The van der Waals surface area contributed by atoms with Gasteiger partial charge in [0.2, 0.25) is 0 Å². The Labute approximate surface area is 106 Å². The van der Waals surface area contributed by atoms with Crippen molar-refractivity contribution in [1.29, 1.82) is 0 Å². The average Bonchev–Trinajstić information content (AvgIpc) is 2.36. The first kappa shape index (κ1) is 14.9. The second kappa shape index (κ2) is 7.32. The number of hydrogen-bond donors (Lipinski definition) is 1. The molecule has 0 atom stereocenters. The van der Waals surface area contributed by atoms with Gasteiger partial charge in [-0.2, -0.15) is 0 Å². The van der Waals surface area contributed by atoms with Crippen LogP contribution in [-0.2, 0) is 0 Å². The molecular weight excluding hydrogens is 215 g/mol. The Bertz CT molecular complexity index is 200. The van der Waals surface area contributed by atoms with E-state index in [1.54, 1.807) is 0 Å². The topological polar surface area (TPSA) is 29.3 Å². The third kappa shape index (κ3) is 3.92. The zero-order valence-corrected chi connectivity index (χ0v) is 11.6. The summed E-state index contributed by atoms with van der Waals surface area (Å²) in [5.74, 6) is 0.833. The zero-order chi connectivity index (χ0) is 12.7. The fraction of sp³-hybridized carbons (Fsp3) is 1.00. The molecule has 3 heteroatoms. The molecule has 0 spiro atoms. The van der Waals surface area contributed by atoms with Gasteiger partial charge in [0.25, 0.3) is 0 Å². The maximum atomic E-state index is 12.4. The molecule has 0 radical (unpaired) electrons. The first-order valence-corrected chi connectivity index (χ1v) is 7.19. The first-order valence-electron chi connectivity index (χ1n) is 7.19. The predicted octanol–water partition coefficient (Wildman–Crippen LogP) is 2.97. The lowest BCUT2D eigenvalue weighted by Crippen LogP contribution is -2.56. The van der Waals surface area contributed by atoms with Gasteiger partial charge in [0.05, 0.1) is 6.67 Å². The number of alkyl halides is 1. The normalized spacial score (nSPS) is 29.8. The molecule has 1 fully saturated rings. The Morgan fingerprint density at radius 2 is 1.94 bits per heavy atom. The first-order chi connectivity index (χ1) is 8.18. The van der Waals surface area contributed by atoms with Gasteiger partial charge >= 0.3 is 0 Å². The van der Waals surface area contributed by atoms with Gasteiger partial charge in [-0.1, -0.05) is 13.8 Å². The van der Waals surface area contributed by atoms with Crippen LogP contribution in [-0.4, -0.2) is 36.7 Å². The van der Waals surface area contributed by atoms with Gasteiger partial charge in [-0.25, -0.2) is 0 Å². The Kier molecular flexibility index (Phi) is 6.42. The van der Waals surface area contributed by atoms with Crippen molar-refractivity contribution in [2.45, 2.75) is 57.9 Å². The van der Waals surface area contributed by atoms with E-state index < -0.39 is 0 Å². The van der Waals surface area contributed by atoms with Crippen molar-refractivity contribution in [3.63, 3.8) is 0 Å². The molecule has 0 bridgehead atoms. The molecule has 0 aromatic carbocycles. The molecule has 2 nitrogen and oxygen atoms in total. The van der Waals surface area contributed by atoms with Crippen molar-refractivity contribution in [2.24, 2.45) is 11.7 Å². The standard InChI is InChI=1S/C14H29FN2/c1-3-10-17(11-4-9-15)14(12-16)7-5-13(2)6-8-14/h13H,3-12,16H2,1-2H3. The summed E-state index contributed by atoms with van der Waals surface area (Å²) in [6, 6.07) is 0. The van der Waals surface area contributed by atoms with Gasteiger partial charge < -0.3 is 5.73 Å². The third-order valence-corrected chi connectivity index (χ3v) is 4.31. The second-order valence-electron chi connectivity index (χ2n) is 5.64. The van der Waals surface area contributed by atoms with Crippen LogP contribution in [0.15, 0.2) is 0 Å². The van der Waals surface area contributed by atoms with E-state index in [9.17, 15) is 4.39 Å². The highest BCUT2D eigenvalue weighted by atomic mass is 19.1. The third-order valence-electron chi connectivity index (χ3n) is 4.31. The molecule has 0 aromatic heterocycles. The van der Waals surface area contributed by atoms with Gasteiger partial charge in [-0.05, 0) is 51.0 Å². The quantitative estimate of drug-likeness (QED) is 0.746. The Hall–Kier alpha value is -0.150. The average molecular weight is 244 g/mol.